The van der Waals surface area contributed by atoms with Crippen LogP contribution in [0.3, 0.4) is 0 Å². The summed E-state index contributed by atoms with van der Waals surface area (Å²) >= 11 is 3.90. The van der Waals surface area contributed by atoms with E-state index < -0.39 is 0 Å². The molecular formula is C15H21BrO. The molecular weight excluding hydrogens is 276 g/mol. The van der Waals surface area contributed by atoms with Crippen molar-refractivity contribution >= 4 is 15.9 Å². The Hall–Kier alpha value is -0.500. The minimum absolute atomic E-state index is 0.426. The van der Waals surface area contributed by atoms with Crippen LogP contribution in [0.2, 0.25) is 0 Å². The molecule has 1 aliphatic rings. The summed E-state index contributed by atoms with van der Waals surface area (Å²) in [6.07, 6.45) is 4.05. The van der Waals surface area contributed by atoms with Crippen LogP contribution in [0.5, 0.6) is 5.75 Å². The van der Waals surface area contributed by atoms with E-state index in [9.17, 15) is 0 Å². The van der Waals surface area contributed by atoms with E-state index in [0.717, 1.165) is 17.6 Å². The van der Waals surface area contributed by atoms with Crippen LogP contribution in [0.15, 0.2) is 18.2 Å². The second kappa shape index (κ2) is 5.43. The highest BCUT2D eigenvalue weighted by Gasteiger charge is 2.31. The largest absolute Gasteiger partial charge is 0.496 e. The Labute approximate surface area is 113 Å². The van der Waals surface area contributed by atoms with Crippen molar-refractivity contribution in [1.82, 2.24) is 0 Å². The molecule has 0 heterocycles. The molecule has 3 unspecified atom stereocenters. The predicted octanol–water partition coefficient (Wildman–Crippen LogP) is 4.88. The number of methoxy groups -OCH3 is 1. The highest BCUT2D eigenvalue weighted by atomic mass is 79.9. The van der Waals surface area contributed by atoms with Crippen molar-refractivity contribution in [2.75, 3.05) is 7.11 Å². The summed E-state index contributed by atoms with van der Waals surface area (Å²) in [7, 11) is 1.76. The lowest BCUT2D eigenvalue weighted by Crippen LogP contribution is -2.11. The van der Waals surface area contributed by atoms with E-state index in [0.29, 0.717) is 4.83 Å². The van der Waals surface area contributed by atoms with Gasteiger partial charge in [-0.15, -0.1) is 0 Å². The normalized spacial score (nSPS) is 25.9. The number of aryl methyl sites for hydroxylation is 1. The van der Waals surface area contributed by atoms with Crippen LogP contribution in [-0.2, 0) is 0 Å². The highest BCUT2D eigenvalue weighted by Crippen LogP contribution is 2.47. The Morgan fingerprint density at radius 1 is 1.35 bits per heavy atom. The number of rotatable bonds is 3. The SMILES string of the molecule is COc1ccc(C)cc1C(Br)C1CCCC1C. The van der Waals surface area contributed by atoms with Crippen LogP contribution in [0.25, 0.3) is 0 Å². The second-order valence-electron chi connectivity index (χ2n) is 5.22. The molecule has 17 heavy (non-hydrogen) atoms. The Morgan fingerprint density at radius 2 is 2.12 bits per heavy atom. The fourth-order valence-electron chi connectivity index (χ4n) is 2.91. The molecule has 0 radical (unpaired) electrons. The molecule has 1 fully saturated rings. The monoisotopic (exact) mass is 296 g/mol. The summed E-state index contributed by atoms with van der Waals surface area (Å²) in [5.74, 6) is 2.56. The topological polar surface area (TPSA) is 9.23 Å². The first-order chi connectivity index (χ1) is 8.13. The first kappa shape index (κ1) is 12.9. The van der Waals surface area contributed by atoms with Gasteiger partial charge in [-0.2, -0.15) is 0 Å². The van der Waals surface area contributed by atoms with Gasteiger partial charge in [0.2, 0.25) is 0 Å². The quantitative estimate of drug-likeness (QED) is 0.723. The van der Waals surface area contributed by atoms with Gasteiger partial charge in [-0.3, -0.25) is 0 Å². The summed E-state index contributed by atoms with van der Waals surface area (Å²) in [5, 5.41) is 0. The zero-order chi connectivity index (χ0) is 12.4. The summed E-state index contributed by atoms with van der Waals surface area (Å²) in [6, 6.07) is 6.45. The third-order valence-electron chi connectivity index (χ3n) is 3.99. The van der Waals surface area contributed by atoms with Gasteiger partial charge in [0, 0.05) is 10.4 Å². The number of benzene rings is 1. The highest BCUT2D eigenvalue weighted by molar-refractivity contribution is 9.09. The summed E-state index contributed by atoms with van der Waals surface area (Å²) in [5.41, 5.74) is 2.61. The van der Waals surface area contributed by atoms with Crippen LogP contribution in [0.4, 0.5) is 0 Å². The van der Waals surface area contributed by atoms with Gasteiger partial charge in [0.25, 0.3) is 0 Å². The Morgan fingerprint density at radius 3 is 2.71 bits per heavy atom. The van der Waals surface area contributed by atoms with Crippen molar-refractivity contribution in [2.45, 2.75) is 37.9 Å². The van der Waals surface area contributed by atoms with E-state index in [4.69, 9.17) is 4.74 Å². The molecule has 1 aromatic rings. The zero-order valence-electron chi connectivity index (χ0n) is 10.9. The van der Waals surface area contributed by atoms with Crippen molar-refractivity contribution in [3.05, 3.63) is 29.3 Å². The maximum Gasteiger partial charge on any atom is 0.123 e. The molecule has 0 aliphatic heterocycles. The van der Waals surface area contributed by atoms with E-state index in [1.165, 1.54) is 30.4 Å². The van der Waals surface area contributed by atoms with Crippen LogP contribution < -0.4 is 4.74 Å². The summed E-state index contributed by atoms with van der Waals surface area (Å²) in [6.45, 7) is 4.51. The van der Waals surface area contributed by atoms with E-state index in [2.05, 4.69) is 48.0 Å². The van der Waals surface area contributed by atoms with Crippen molar-refractivity contribution in [3.8, 4) is 5.75 Å². The lowest BCUT2D eigenvalue weighted by molar-refractivity contribution is 0.384. The molecule has 3 atom stereocenters. The molecule has 1 aromatic carbocycles. The van der Waals surface area contributed by atoms with Crippen molar-refractivity contribution in [2.24, 2.45) is 11.8 Å². The lowest BCUT2D eigenvalue weighted by atomic mass is 9.90. The van der Waals surface area contributed by atoms with E-state index in [1.54, 1.807) is 7.11 Å². The number of halogens is 1. The van der Waals surface area contributed by atoms with Crippen LogP contribution in [-0.4, -0.2) is 7.11 Å². The predicted molar refractivity (Wildman–Crippen MR) is 75.9 cm³/mol. The van der Waals surface area contributed by atoms with Crippen LogP contribution in [0, 0.1) is 18.8 Å². The van der Waals surface area contributed by atoms with Gasteiger partial charge in [-0.05, 0) is 31.2 Å². The number of alkyl halides is 1. The third kappa shape index (κ3) is 2.67. The van der Waals surface area contributed by atoms with Gasteiger partial charge in [-0.1, -0.05) is 53.4 Å². The number of hydrogen-bond acceptors (Lipinski definition) is 1. The van der Waals surface area contributed by atoms with Crippen molar-refractivity contribution in [3.63, 3.8) is 0 Å². The molecule has 1 nitrogen and oxygen atoms in total. The number of ether oxygens (including phenoxy) is 1. The fraction of sp³-hybridized carbons (Fsp3) is 0.600. The standard InChI is InChI=1S/C15H21BrO/c1-10-7-8-14(17-3)13(9-10)15(16)12-6-4-5-11(12)2/h7-9,11-12,15H,4-6H2,1-3H3. The molecule has 0 aromatic heterocycles. The molecule has 94 valence electrons. The molecule has 0 spiro atoms. The molecule has 0 N–H and O–H groups in total. The molecule has 2 heteroatoms. The van der Waals surface area contributed by atoms with E-state index >= 15 is 0 Å². The summed E-state index contributed by atoms with van der Waals surface area (Å²) < 4.78 is 5.49. The average molecular weight is 297 g/mol. The zero-order valence-corrected chi connectivity index (χ0v) is 12.5. The molecule has 0 saturated heterocycles. The maximum absolute atomic E-state index is 5.49. The van der Waals surface area contributed by atoms with Crippen LogP contribution >= 0.6 is 15.9 Å². The third-order valence-corrected chi connectivity index (χ3v) is 5.16. The first-order valence-electron chi connectivity index (χ1n) is 6.42. The minimum atomic E-state index is 0.426. The molecule has 0 amide bonds. The van der Waals surface area contributed by atoms with Gasteiger partial charge < -0.3 is 4.74 Å². The fourth-order valence-corrected chi connectivity index (χ4v) is 4.05. The molecule has 1 aliphatic carbocycles. The lowest BCUT2D eigenvalue weighted by Gasteiger charge is -2.24. The molecule has 1 saturated carbocycles. The molecule has 2 rings (SSSR count). The maximum atomic E-state index is 5.49. The van der Waals surface area contributed by atoms with Gasteiger partial charge in [0.15, 0.2) is 0 Å². The van der Waals surface area contributed by atoms with Crippen molar-refractivity contribution < 1.29 is 4.74 Å². The van der Waals surface area contributed by atoms with Gasteiger partial charge in [0.05, 0.1) is 7.11 Å². The Kier molecular flexibility index (Phi) is 4.13. The summed E-state index contributed by atoms with van der Waals surface area (Å²) in [4.78, 5) is 0.426. The van der Waals surface area contributed by atoms with E-state index in [-0.39, 0.29) is 0 Å². The number of hydrogen-bond donors (Lipinski definition) is 0. The van der Waals surface area contributed by atoms with Crippen LogP contribution in [0.1, 0.15) is 42.1 Å². The second-order valence-corrected chi connectivity index (χ2v) is 6.21. The van der Waals surface area contributed by atoms with E-state index in [1.807, 2.05) is 0 Å². The van der Waals surface area contributed by atoms with Gasteiger partial charge >= 0.3 is 0 Å². The first-order valence-corrected chi connectivity index (χ1v) is 7.33. The Bertz CT molecular complexity index is 389. The average Bonchev–Trinajstić information content (AvgIpc) is 2.74. The smallest absolute Gasteiger partial charge is 0.123 e. The molecule has 0 bridgehead atoms. The minimum Gasteiger partial charge on any atom is -0.496 e. The Balaban J connectivity index is 2.28. The van der Waals surface area contributed by atoms with Gasteiger partial charge in [0.1, 0.15) is 5.75 Å². The van der Waals surface area contributed by atoms with Gasteiger partial charge in [-0.25, -0.2) is 0 Å². The van der Waals surface area contributed by atoms with Crippen molar-refractivity contribution in [1.29, 1.82) is 0 Å².